The second-order valence-corrected chi connectivity index (χ2v) is 4.04. The van der Waals surface area contributed by atoms with Crippen LogP contribution in [0.2, 0.25) is 0 Å². The minimum Gasteiger partial charge on any atom is -0.340 e. The summed E-state index contributed by atoms with van der Waals surface area (Å²) in [5.74, 6) is 0.0126. The summed E-state index contributed by atoms with van der Waals surface area (Å²) in [6, 6.07) is 6.64. The molecule has 0 aliphatic heterocycles. The van der Waals surface area contributed by atoms with Crippen molar-refractivity contribution in [2.75, 3.05) is 0 Å². The van der Waals surface area contributed by atoms with Crippen LogP contribution in [0.15, 0.2) is 35.7 Å². The third-order valence-corrected chi connectivity index (χ3v) is 2.99. The van der Waals surface area contributed by atoms with Crippen LogP contribution in [-0.2, 0) is 5.75 Å². The highest BCUT2D eigenvalue weighted by atomic mass is 32.2. The van der Waals surface area contributed by atoms with Crippen molar-refractivity contribution >= 4 is 11.8 Å². The van der Waals surface area contributed by atoms with Gasteiger partial charge in [-0.1, -0.05) is 23.9 Å². The molecule has 16 heavy (non-hydrogen) atoms. The van der Waals surface area contributed by atoms with Gasteiger partial charge in [0.25, 0.3) is 0 Å². The molecule has 0 radical (unpaired) electrons. The number of hydrogen-bond donors (Lipinski definition) is 1. The van der Waals surface area contributed by atoms with E-state index in [4.69, 9.17) is 5.26 Å². The summed E-state index contributed by atoms with van der Waals surface area (Å²) in [5.41, 5.74) is 0.595. The number of nitrogens with zero attached hydrogens (tertiary/aromatic N) is 2. The number of nitrogens with one attached hydrogen (secondary N) is 1. The Bertz CT molecular complexity index is 517. The van der Waals surface area contributed by atoms with Crippen LogP contribution in [0, 0.1) is 17.1 Å². The molecule has 0 amide bonds. The molecule has 1 aromatic carbocycles. The Hall–Kier alpha value is -1.80. The number of aromatic nitrogens is 2. The van der Waals surface area contributed by atoms with E-state index >= 15 is 0 Å². The van der Waals surface area contributed by atoms with Crippen LogP contribution in [0.1, 0.15) is 11.1 Å². The number of rotatable bonds is 3. The first-order valence-electron chi connectivity index (χ1n) is 4.61. The van der Waals surface area contributed by atoms with Crippen molar-refractivity contribution < 1.29 is 4.39 Å². The summed E-state index contributed by atoms with van der Waals surface area (Å²) in [6.45, 7) is 0. The van der Waals surface area contributed by atoms with Gasteiger partial charge in [0.15, 0.2) is 5.16 Å². The SMILES string of the molecule is N#Cc1cccc(CSc2ncc[nH]2)c1F. The van der Waals surface area contributed by atoms with Gasteiger partial charge in [-0.25, -0.2) is 9.37 Å². The van der Waals surface area contributed by atoms with Crippen molar-refractivity contribution in [3.8, 4) is 6.07 Å². The number of hydrogen-bond acceptors (Lipinski definition) is 3. The maximum Gasteiger partial charge on any atom is 0.165 e. The maximum atomic E-state index is 13.6. The minimum atomic E-state index is -0.441. The smallest absolute Gasteiger partial charge is 0.165 e. The van der Waals surface area contributed by atoms with Crippen LogP contribution in [0.4, 0.5) is 4.39 Å². The molecule has 80 valence electrons. The predicted octanol–water partition coefficient (Wildman–Crippen LogP) is 2.71. The molecule has 1 aromatic heterocycles. The summed E-state index contributed by atoms with van der Waals surface area (Å²) >= 11 is 1.40. The van der Waals surface area contributed by atoms with Crippen LogP contribution < -0.4 is 0 Å². The number of benzene rings is 1. The third-order valence-electron chi connectivity index (χ3n) is 2.04. The van der Waals surface area contributed by atoms with Crippen molar-refractivity contribution in [1.82, 2.24) is 9.97 Å². The maximum absolute atomic E-state index is 13.6. The van der Waals surface area contributed by atoms with E-state index in [1.807, 2.05) is 6.07 Å². The minimum absolute atomic E-state index is 0.0811. The summed E-state index contributed by atoms with van der Waals surface area (Å²) in [4.78, 5) is 6.94. The lowest BCUT2D eigenvalue weighted by Gasteiger charge is -2.02. The molecule has 0 fully saturated rings. The highest BCUT2D eigenvalue weighted by Gasteiger charge is 2.08. The molecule has 0 aliphatic rings. The standard InChI is InChI=1S/C11H8FN3S/c12-10-8(6-13)2-1-3-9(10)7-16-11-14-4-5-15-11/h1-5H,7H2,(H,14,15). The monoisotopic (exact) mass is 233 g/mol. The molecule has 0 saturated carbocycles. The van der Waals surface area contributed by atoms with Crippen LogP contribution in [0.3, 0.4) is 0 Å². The van der Waals surface area contributed by atoms with Crippen LogP contribution in [0.25, 0.3) is 0 Å². The lowest BCUT2D eigenvalue weighted by molar-refractivity contribution is 0.613. The normalized spacial score (nSPS) is 10.0. The number of imidazole rings is 1. The predicted molar refractivity (Wildman–Crippen MR) is 59.3 cm³/mol. The molecule has 0 aliphatic carbocycles. The van der Waals surface area contributed by atoms with E-state index in [0.717, 1.165) is 5.16 Å². The Balaban J connectivity index is 2.13. The van der Waals surface area contributed by atoms with Crippen LogP contribution in [-0.4, -0.2) is 9.97 Å². The Labute approximate surface area is 96.3 Å². The van der Waals surface area contributed by atoms with Gasteiger partial charge in [0.1, 0.15) is 11.9 Å². The van der Waals surface area contributed by atoms with Gasteiger partial charge in [-0.2, -0.15) is 5.26 Å². The Morgan fingerprint density at radius 1 is 1.50 bits per heavy atom. The van der Waals surface area contributed by atoms with Crippen molar-refractivity contribution in [1.29, 1.82) is 5.26 Å². The summed E-state index contributed by atoms with van der Waals surface area (Å²) in [7, 11) is 0. The number of thioether (sulfide) groups is 1. The van der Waals surface area contributed by atoms with Crippen molar-refractivity contribution in [3.63, 3.8) is 0 Å². The molecule has 2 aromatic rings. The zero-order chi connectivity index (χ0) is 11.4. The quantitative estimate of drug-likeness (QED) is 0.829. The zero-order valence-electron chi connectivity index (χ0n) is 8.27. The van der Waals surface area contributed by atoms with E-state index in [0.29, 0.717) is 11.3 Å². The van der Waals surface area contributed by atoms with Gasteiger partial charge in [0.05, 0.1) is 5.56 Å². The fraction of sp³-hybridized carbons (Fsp3) is 0.0909. The van der Waals surface area contributed by atoms with Gasteiger partial charge >= 0.3 is 0 Å². The fourth-order valence-corrected chi connectivity index (χ4v) is 2.06. The van der Waals surface area contributed by atoms with Gasteiger partial charge in [-0.15, -0.1) is 0 Å². The molecule has 3 nitrogen and oxygen atoms in total. The number of H-pyrrole nitrogens is 1. The molecule has 0 unspecified atom stereocenters. The summed E-state index contributed by atoms with van der Waals surface area (Å²) in [5, 5.41) is 9.42. The Morgan fingerprint density at radius 2 is 2.38 bits per heavy atom. The molecule has 2 rings (SSSR count). The molecule has 1 heterocycles. The first-order chi connectivity index (χ1) is 7.81. The van der Waals surface area contributed by atoms with Crippen molar-refractivity contribution in [3.05, 3.63) is 47.5 Å². The van der Waals surface area contributed by atoms with E-state index in [-0.39, 0.29) is 5.56 Å². The van der Waals surface area contributed by atoms with Gasteiger partial charge < -0.3 is 4.98 Å². The van der Waals surface area contributed by atoms with Crippen molar-refractivity contribution in [2.45, 2.75) is 10.9 Å². The zero-order valence-corrected chi connectivity index (χ0v) is 9.09. The highest BCUT2D eigenvalue weighted by molar-refractivity contribution is 7.98. The topological polar surface area (TPSA) is 52.5 Å². The molecule has 5 heteroatoms. The first kappa shape index (κ1) is 10.7. The summed E-state index contributed by atoms with van der Waals surface area (Å²) < 4.78 is 13.6. The van der Waals surface area contributed by atoms with Gasteiger partial charge in [-0.3, -0.25) is 0 Å². The third kappa shape index (κ3) is 2.23. The van der Waals surface area contributed by atoms with E-state index in [1.54, 1.807) is 24.5 Å². The van der Waals surface area contributed by atoms with E-state index < -0.39 is 5.82 Å². The molecule has 1 N–H and O–H groups in total. The fourth-order valence-electron chi connectivity index (χ4n) is 1.25. The highest BCUT2D eigenvalue weighted by Crippen LogP contribution is 2.22. The molecule has 0 bridgehead atoms. The van der Waals surface area contributed by atoms with Crippen molar-refractivity contribution in [2.24, 2.45) is 0 Å². The van der Waals surface area contributed by atoms with Gasteiger partial charge in [0.2, 0.25) is 0 Å². The largest absolute Gasteiger partial charge is 0.340 e. The second kappa shape index (κ2) is 4.81. The average Bonchev–Trinajstić information content (AvgIpc) is 2.81. The molecule has 0 atom stereocenters. The Morgan fingerprint density at radius 3 is 3.06 bits per heavy atom. The van der Waals surface area contributed by atoms with E-state index in [1.165, 1.54) is 17.8 Å². The number of halogens is 1. The molecular formula is C11H8FN3S. The average molecular weight is 233 g/mol. The number of aromatic amines is 1. The molecular weight excluding hydrogens is 225 g/mol. The first-order valence-corrected chi connectivity index (χ1v) is 5.59. The number of nitriles is 1. The van der Waals surface area contributed by atoms with Gasteiger partial charge in [0, 0.05) is 18.1 Å². The van der Waals surface area contributed by atoms with E-state index in [9.17, 15) is 4.39 Å². The lowest BCUT2D eigenvalue weighted by atomic mass is 10.1. The second-order valence-electron chi connectivity index (χ2n) is 3.07. The summed E-state index contributed by atoms with van der Waals surface area (Å²) in [6.07, 6.45) is 3.36. The Kier molecular flexibility index (Phi) is 3.22. The molecule has 0 saturated heterocycles. The van der Waals surface area contributed by atoms with Crippen LogP contribution >= 0.6 is 11.8 Å². The lowest BCUT2D eigenvalue weighted by Crippen LogP contribution is -1.92. The van der Waals surface area contributed by atoms with Crippen LogP contribution in [0.5, 0.6) is 0 Å². The van der Waals surface area contributed by atoms with Gasteiger partial charge in [-0.05, 0) is 11.6 Å². The van der Waals surface area contributed by atoms with E-state index in [2.05, 4.69) is 9.97 Å². The molecule has 0 spiro atoms.